The highest BCUT2D eigenvalue weighted by molar-refractivity contribution is 6.14. The smallest absolute Gasteiger partial charge is 0.255 e. The van der Waals surface area contributed by atoms with Crippen LogP contribution in [0.3, 0.4) is 0 Å². The van der Waals surface area contributed by atoms with Gasteiger partial charge in [-0.25, -0.2) is 0 Å². The number of hydrogen-bond donors (Lipinski definition) is 3. The lowest BCUT2D eigenvalue weighted by atomic mass is 10.1. The van der Waals surface area contributed by atoms with Gasteiger partial charge in [0, 0.05) is 40.1 Å². The zero-order valence-electron chi connectivity index (χ0n) is 13.2. The van der Waals surface area contributed by atoms with E-state index in [1.165, 1.54) is 0 Å². The average molecular weight is 329 g/mol. The fourth-order valence-electron chi connectivity index (χ4n) is 2.88. The van der Waals surface area contributed by atoms with E-state index in [0.717, 1.165) is 21.8 Å². The number of amides is 1. The normalized spacial score (nSPS) is 10.9. The Morgan fingerprint density at radius 3 is 2.32 bits per heavy atom. The summed E-state index contributed by atoms with van der Waals surface area (Å²) in [6, 6.07) is 14.2. The molecule has 6 heteroatoms. The maximum Gasteiger partial charge on any atom is 0.255 e. The third-order valence-corrected chi connectivity index (χ3v) is 3.95. The second-order valence-corrected chi connectivity index (χ2v) is 5.74. The van der Waals surface area contributed by atoms with E-state index >= 15 is 0 Å². The summed E-state index contributed by atoms with van der Waals surface area (Å²) in [4.78, 5) is 21.5. The van der Waals surface area contributed by atoms with E-state index in [1.54, 1.807) is 30.6 Å². The summed E-state index contributed by atoms with van der Waals surface area (Å²) in [6.45, 7) is 0. The molecule has 0 saturated carbocycles. The quantitative estimate of drug-likeness (QED) is 0.387. The summed E-state index contributed by atoms with van der Waals surface area (Å²) in [5.74, 6) is -0.285. The molecule has 2 aromatic heterocycles. The minimum absolute atomic E-state index is 0.285. The van der Waals surface area contributed by atoms with E-state index in [0.29, 0.717) is 22.6 Å². The Bertz CT molecular complexity index is 1100. The van der Waals surface area contributed by atoms with Crippen molar-refractivity contribution >= 4 is 44.8 Å². The molecule has 0 aliphatic rings. The molecule has 0 saturated heterocycles. The molecule has 0 aliphatic carbocycles. The lowest BCUT2D eigenvalue weighted by Gasteiger charge is -2.11. The third-order valence-electron chi connectivity index (χ3n) is 3.95. The van der Waals surface area contributed by atoms with Crippen LogP contribution in [0, 0.1) is 0 Å². The van der Waals surface area contributed by atoms with Crippen LogP contribution in [0.25, 0.3) is 21.8 Å². The lowest BCUT2D eigenvalue weighted by Crippen LogP contribution is -2.13. The number of nitrogens with zero attached hydrogens (tertiary/aromatic N) is 2. The fraction of sp³-hybridized carbons (Fsp3) is 0. The van der Waals surface area contributed by atoms with E-state index < -0.39 is 0 Å². The molecule has 2 aromatic carbocycles. The standard InChI is InChI=1S/C19H15N5O/c20-13-7-12(8-14(21)10-13)19(25)24-16-9-11-3-1-5-22-17(11)18-15(16)4-2-6-23-18/h1-10H,20-21H2,(H,24,25). The number of pyridine rings is 2. The molecule has 0 bridgehead atoms. The van der Waals surface area contributed by atoms with Crippen LogP contribution in [-0.2, 0) is 0 Å². The van der Waals surface area contributed by atoms with Gasteiger partial charge in [0.2, 0.25) is 0 Å². The summed E-state index contributed by atoms with van der Waals surface area (Å²) in [5, 5.41) is 4.65. The number of nitrogen functional groups attached to an aromatic ring is 2. The van der Waals surface area contributed by atoms with Crippen LogP contribution in [0.1, 0.15) is 10.4 Å². The SMILES string of the molecule is Nc1cc(N)cc(C(=O)Nc2cc3cccnc3c3ncccc23)c1. The van der Waals surface area contributed by atoms with Crippen molar-refractivity contribution < 1.29 is 4.79 Å². The van der Waals surface area contributed by atoms with Crippen molar-refractivity contribution in [3.05, 3.63) is 66.5 Å². The van der Waals surface area contributed by atoms with Gasteiger partial charge in [0.1, 0.15) is 0 Å². The van der Waals surface area contributed by atoms with Gasteiger partial charge < -0.3 is 16.8 Å². The number of anilines is 3. The monoisotopic (exact) mass is 329 g/mol. The van der Waals surface area contributed by atoms with E-state index in [4.69, 9.17) is 11.5 Å². The van der Waals surface area contributed by atoms with Crippen molar-refractivity contribution in [1.82, 2.24) is 9.97 Å². The molecule has 0 aliphatic heterocycles. The van der Waals surface area contributed by atoms with Crippen molar-refractivity contribution in [3.63, 3.8) is 0 Å². The largest absolute Gasteiger partial charge is 0.399 e. The second kappa shape index (κ2) is 5.76. The van der Waals surface area contributed by atoms with Crippen LogP contribution in [-0.4, -0.2) is 15.9 Å². The first-order valence-corrected chi connectivity index (χ1v) is 7.72. The van der Waals surface area contributed by atoms with Gasteiger partial charge in [0.25, 0.3) is 5.91 Å². The van der Waals surface area contributed by atoms with Crippen molar-refractivity contribution in [2.75, 3.05) is 16.8 Å². The Morgan fingerprint density at radius 2 is 1.56 bits per heavy atom. The van der Waals surface area contributed by atoms with E-state index in [-0.39, 0.29) is 5.91 Å². The van der Waals surface area contributed by atoms with E-state index in [1.807, 2.05) is 30.3 Å². The van der Waals surface area contributed by atoms with Crippen LogP contribution in [0.2, 0.25) is 0 Å². The van der Waals surface area contributed by atoms with Crippen LogP contribution < -0.4 is 16.8 Å². The number of carbonyl (C=O) groups excluding carboxylic acids is 1. The van der Waals surface area contributed by atoms with Crippen LogP contribution in [0.15, 0.2) is 60.9 Å². The number of nitrogens with two attached hydrogens (primary N) is 2. The summed E-state index contributed by atoms with van der Waals surface area (Å²) in [5.41, 5.74) is 15.0. The minimum Gasteiger partial charge on any atom is -0.399 e. The molecule has 1 amide bonds. The maximum atomic E-state index is 12.6. The molecule has 4 aromatic rings. The molecule has 0 radical (unpaired) electrons. The molecule has 2 heterocycles. The van der Waals surface area contributed by atoms with Crippen molar-refractivity contribution in [1.29, 1.82) is 0 Å². The lowest BCUT2D eigenvalue weighted by molar-refractivity contribution is 0.102. The van der Waals surface area contributed by atoms with E-state index in [2.05, 4.69) is 15.3 Å². The Labute approximate surface area is 143 Å². The van der Waals surface area contributed by atoms with Crippen LogP contribution in [0.4, 0.5) is 17.1 Å². The molecule has 122 valence electrons. The molecule has 4 rings (SSSR count). The summed E-state index contributed by atoms with van der Waals surface area (Å²) in [7, 11) is 0. The first-order chi connectivity index (χ1) is 12.1. The Morgan fingerprint density at radius 1 is 0.880 bits per heavy atom. The predicted molar refractivity (Wildman–Crippen MR) is 100 cm³/mol. The minimum atomic E-state index is -0.285. The van der Waals surface area contributed by atoms with Gasteiger partial charge in [-0.1, -0.05) is 6.07 Å². The number of rotatable bonds is 2. The Hall–Kier alpha value is -3.67. The van der Waals surface area contributed by atoms with Gasteiger partial charge in [-0.15, -0.1) is 0 Å². The maximum absolute atomic E-state index is 12.6. The zero-order chi connectivity index (χ0) is 17.4. The van der Waals surface area contributed by atoms with Gasteiger partial charge >= 0.3 is 0 Å². The van der Waals surface area contributed by atoms with Crippen molar-refractivity contribution in [2.24, 2.45) is 0 Å². The number of carbonyl (C=O) groups is 1. The van der Waals surface area contributed by atoms with Crippen LogP contribution >= 0.6 is 0 Å². The second-order valence-electron chi connectivity index (χ2n) is 5.74. The predicted octanol–water partition coefficient (Wildman–Crippen LogP) is 3.20. The number of nitrogens with one attached hydrogen (secondary N) is 1. The highest BCUT2D eigenvalue weighted by Gasteiger charge is 2.13. The van der Waals surface area contributed by atoms with Gasteiger partial charge in [-0.3, -0.25) is 14.8 Å². The van der Waals surface area contributed by atoms with Gasteiger partial charge in [0.15, 0.2) is 0 Å². The van der Waals surface area contributed by atoms with Gasteiger partial charge in [-0.05, 0) is 42.5 Å². The van der Waals surface area contributed by atoms with E-state index in [9.17, 15) is 4.79 Å². The van der Waals surface area contributed by atoms with Crippen molar-refractivity contribution in [2.45, 2.75) is 0 Å². The molecule has 6 nitrogen and oxygen atoms in total. The summed E-state index contributed by atoms with van der Waals surface area (Å²) in [6.07, 6.45) is 3.44. The topological polar surface area (TPSA) is 107 Å². The van der Waals surface area contributed by atoms with Crippen molar-refractivity contribution in [3.8, 4) is 0 Å². The van der Waals surface area contributed by atoms with Gasteiger partial charge in [-0.2, -0.15) is 0 Å². The Kier molecular flexibility index (Phi) is 3.43. The number of aromatic nitrogens is 2. The van der Waals surface area contributed by atoms with Crippen LogP contribution in [0.5, 0.6) is 0 Å². The third kappa shape index (κ3) is 2.70. The fourth-order valence-corrected chi connectivity index (χ4v) is 2.88. The highest BCUT2D eigenvalue weighted by Crippen LogP contribution is 2.29. The highest BCUT2D eigenvalue weighted by atomic mass is 16.1. The molecular formula is C19H15N5O. The molecule has 25 heavy (non-hydrogen) atoms. The average Bonchev–Trinajstić information content (AvgIpc) is 2.61. The summed E-state index contributed by atoms with van der Waals surface area (Å²) >= 11 is 0. The molecular weight excluding hydrogens is 314 g/mol. The first-order valence-electron chi connectivity index (χ1n) is 7.72. The summed E-state index contributed by atoms with van der Waals surface area (Å²) < 4.78 is 0. The van der Waals surface area contributed by atoms with Gasteiger partial charge in [0.05, 0.1) is 16.7 Å². The number of benzene rings is 2. The molecule has 5 N–H and O–H groups in total. The number of hydrogen-bond acceptors (Lipinski definition) is 5. The molecule has 0 spiro atoms. The zero-order valence-corrected chi connectivity index (χ0v) is 13.2. The first kappa shape index (κ1) is 14.9. The molecule has 0 fully saturated rings. The molecule has 0 unspecified atom stereocenters. The Balaban J connectivity index is 1.84. The molecule has 0 atom stereocenters. The number of fused-ring (bicyclic) bond motifs is 3.